The van der Waals surface area contributed by atoms with Gasteiger partial charge in [0.2, 0.25) is 0 Å². The number of benzene rings is 1. The number of anilines is 1. The molecule has 1 aromatic rings. The molecule has 2 rings (SSSR count). The highest BCUT2D eigenvalue weighted by molar-refractivity contribution is 5.53. The Bertz CT molecular complexity index is 445. The van der Waals surface area contributed by atoms with Gasteiger partial charge in [0.25, 0.3) is 0 Å². The Morgan fingerprint density at radius 2 is 2.00 bits per heavy atom. The van der Waals surface area contributed by atoms with Crippen molar-refractivity contribution >= 4 is 5.69 Å². The highest BCUT2D eigenvalue weighted by atomic mass is 19.4. The maximum atomic E-state index is 13.0. The van der Waals surface area contributed by atoms with E-state index in [-0.39, 0.29) is 11.7 Å². The molecule has 1 aliphatic rings. The van der Waals surface area contributed by atoms with E-state index in [1.165, 1.54) is 12.1 Å². The van der Waals surface area contributed by atoms with Crippen LogP contribution in [0.5, 0.6) is 0 Å². The van der Waals surface area contributed by atoms with Gasteiger partial charge >= 0.3 is 6.18 Å². The molecule has 0 aliphatic carbocycles. The molecule has 0 radical (unpaired) electrons. The second-order valence-electron chi connectivity index (χ2n) is 5.64. The average Bonchev–Trinajstić information content (AvgIpc) is 2.38. The number of hydrogen-bond donors (Lipinski definition) is 1. The Kier molecular flexibility index (Phi) is 4.58. The lowest BCUT2D eigenvalue weighted by molar-refractivity contribution is -0.137. The predicted molar refractivity (Wildman–Crippen MR) is 74.7 cm³/mol. The van der Waals surface area contributed by atoms with Crippen molar-refractivity contribution in [3.63, 3.8) is 0 Å². The molecule has 112 valence electrons. The van der Waals surface area contributed by atoms with Gasteiger partial charge in [-0.05, 0) is 51.4 Å². The fourth-order valence-corrected chi connectivity index (χ4v) is 2.83. The molecule has 0 amide bonds. The third kappa shape index (κ3) is 3.66. The minimum atomic E-state index is -4.31. The van der Waals surface area contributed by atoms with Gasteiger partial charge < -0.3 is 10.2 Å². The van der Waals surface area contributed by atoms with Gasteiger partial charge in [0.1, 0.15) is 0 Å². The number of alkyl halides is 3. The zero-order chi connectivity index (χ0) is 14.8. The van der Waals surface area contributed by atoms with Crippen molar-refractivity contribution in [2.45, 2.75) is 32.0 Å². The molecule has 2 nitrogen and oxygen atoms in total. The number of nitrogens with one attached hydrogen (secondary N) is 1. The van der Waals surface area contributed by atoms with Crippen LogP contribution in [0.25, 0.3) is 0 Å². The van der Waals surface area contributed by atoms with E-state index in [4.69, 9.17) is 0 Å². The van der Waals surface area contributed by atoms with Crippen LogP contribution in [-0.4, -0.2) is 31.1 Å². The number of para-hydroxylation sites is 1. The summed E-state index contributed by atoms with van der Waals surface area (Å²) < 4.78 is 38.9. The van der Waals surface area contributed by atoms with Gasteiger partial charge in [-0.3, -0.25) is 0 Å². The Hall–Kier alpha value is -1.23. The number of hydrogen-bond acceptors (Lipinski definition) is 2. The summed E-state index contributed by atoms with van der Waals surface area (Å²) in [5, 5.41) is 3.06. The third-order valence-corrected chi connectivity index (χ3v) is 3.98. The topological polar surface area (TPSA) is 15.3 Å². The molecule has 0 saturated carbocycles. The predicted octanol–water partition coefficient (Wildman–Crippen LogP) is 3.85. The molecule has 0 aromatic heterocycles. The standard InChI is InChI=1S/C15H21F3N2/c1-11(12-6-5-9-20(2)10-12)19-14-8-4-3-7-13(14)15(16,17)18/h3-4,7-8,11-12,19H,5-6,9-10H2,1-2H3. The molecule has 1 saturated heterocycles. The average molecular weight is 286 g/mol. The van der Waals surface area contributed by atoms with Crippen LogP contribution in [0.4, 0.5) is 18.9 Å². The van der Waals surface area contributed by atoms with Gasteiger partial charge in [-0.1, -0.05) is 12.1 Å². The van der Waals surface area contributed by atoms with Gasteiger partial charge in [0.15, 0.2) is 0 Å². The van der Waals surface area contributed by atoms with E-state index in [1.807, 2.05) is 6.92 Å². The SMILES string of the molecule is CC(Nc1ccccc1C(F)(F)F)C1CCCN(C)C1. The van der Waals surface area contributed by atoms with Crippen molar-refractivity contribution < 1.29 is 13.2 Å². The molecule has 2 unspecified atom stereocenters. The van der Waals surface area contributed by atoms with Crippen molar-refractivity contribution in [3.05, 3.63) is 29.8 Å². The minimum absolute atomic E-state index is 0.0289. The molecule has 20 heavy (non-hydrogen) atoms. The van der Waals surface area contributed by atoms with Crippen LogP contribution in [0.1, 0.15) is 25.3 Å². The summed E-state index contributed by atoms with van der Waals surface area (Å²) in [4.78, 5) is 2.24. The summed E-state index contributed by atoms with van der Waals surface area (Å²) in [5.41, 5.74) is -0.406. The summed E-state index contributed by atoms with van der Waals surface area (Å²) in [5.74, 6) is 0.384. The molecule has 0 spiro atoms. The smallest absolute Gasteiger partial charge is 0.382 e. The Morgan fingerprint density at radius 3 is 2.65 bits per heavy atom. The molecule has 1 N–H and O–H groups in total. The summed E-state index contributed by atoms with van der Waals surface area (Å²) in [7, 11) is 2.06. The summed E-state index contributed by atoms with van der Waals surface area (Å²) in [6.07, 6.45) is -2.15. The van der Waals surface area contributed by atoms with E-state index in [1.54, 1.807) is 6.07 Å². The maximum Gasteiger partial charge on any atom is 0.418 e. The molecule has 1 aromatic carbocycles. The zero-order valence-electron chi connectivity index (χ0n) is 11.9. The molecule has 1 aliphatic heterocycles. The Labute approximate surface area is 118 Å². The van der Waals surface area contributed by atoms with Crippen LogP contribution in [0, 0.1) is 5.92 Å². The quantitative estimate of drug-likeness (QED) is 0.908. The van der Waals surface area contributed by atoms with Crippen molar-refractivity contribution in [3.8, 4) is 0 Å². The summed E-state index contributed by atoms with van der Waals surface area (Å²) in [6.45, 7) is 3.97. The molecule has 1 fully saturated rings. The lowest BCUT2D eigenvalue weighted by Crippen LogP contribution is -2.40. The molecule has 5 heteroatoms. The first-order valence-corrected chi connectivity index (χ1v) is 6.99. The van der Waals surface area contributed by atoms with E-state index >= 15 is 0 Å². The Morgan fingerprint density at radius 1 is 1.30 bits per heavy atom. The first-order valence-electron chi connectivity index (χ1n) is 6.99. The minimum Gasteiger partial charge on any atom is -0.382 e. The van der Waals surface area contributed by atoms with Gasteiger partial charge in [-0.15, -0.1) is 0 Å². The molecule has 0 bridgehead atoms. The highest BCUT2D eigenvalue weighted by Crippen LogP contribution is 2.35. The Balaban J connectivity index is 2.10. The number of rotatable bonds is 3. The molecular formula is C15H21F3N2. The first-order chi connectivity index (χ1) is 9.38. The van der Waals surface area contributed by atoms with E-state index in [9.17, 15) is 13.2 Å². The normalized spacial score (nSPS) is 22.6. The van der Waals surface area contributed by atoms with Gasteiger partial charge in [0, 0.05) is 18.3 Å². The molecule has 1 heterocycles. The van der Waals surface area contributed by atoms with Crippen LogP contribution in [0.15, 0.2) is 24.3 Å². The van der Waals surface area contributed by atoms with Crippen LogP contribution in [0.3, 0.4) is 0 Å². The number of nitrogens with zero attached hydrogens (tertiary/aromatic N) is 1. The van der Waals surface area contributed by atoms with Gasteiger partial charge in [0.05, 0.1) is 5.56 Å². The van der Waals surface area contributed by atoms with Crippen LogP contribution in [-0.2, 0) is 6.18 Å². The van der Waals surface area contributed by atoms with E-state index in [0.29, 0.717) is 5.92 Å². The second-order valence-corrected chi connectivity index (χ2v) is 5.64. The van der Waals surface area contributed by atoms with Crippen LogP contribution < -0.4 is 5.32 Å². The van der Waals surface area contributed by atoms with E-state index < -0.39 is 11.7 Å². The van der Waals surface area contributed by atoms with E-state index in [2.05, 4.69) is 17.3 Å². The molecule has 2 atom stereocenters. The fourth-order valence-electron chi connectivity index (χ4n) is 2.83. The third-order valence-electron chi connectivity index (χ3n) is 3.98. The lowest BCUT2D eigenvalue weighted by atomic mass is 9.91. The lowest BCUT2D eigenvalue weighted by Gasteiger charge is -2.34. The summed E-state index contributed by atoms with van der Waals surface area (Å²) >= 11 is 0. The summed E-state index contributed by atoms with van der Waals surface area (Å²) in [6, 6.07) is 5.72. The van der Waals surface area contributed by atoms with Crippen LogP contribution in [0.2, 0.25) is 0 Å². The monoisotopic (exact) mass is 286 g/mol. The number of piperidine rings is 1. The first kappa shape index (κ1) is 15.2. The second kappa shape index (κ2) is 6.04. The maximum absolute atomic E-state index is 13.0. The van der Waals surface area contributed by atoms with Gasteiger partial charge in [-0.2, -0.15) is 13.2 Å². The van der Waals surface area contributed by atoms with Crippen LogP contribution >= 0.6 is 0 Å². The number of halogens is 3. The fraction of sp³-hybridized carbons (Fsp3) is 0.600. The van der Waals surface area contributed by atoms with Gasteiger partial charge in [-0.25, -0.2) is 0 Å². The van der Waals surface area contributed by atoms with Crippen molar-refractivity contribution in [1.82, 2.24) is 4.90 Å². The number of likely N-dealkylation sites (tertiary alicyclic amines) is 1. The molecular weight excluding hydrogens is 265 g/mol. The van der Waals surface area contributed by atoms with Crippen molar-refractivity contribution in [1.29, 1.82) is 0 Å². The zero-order valence-corrected chi connectivity index (χ0v) is 11.9. The van der Waals surface area contributed by atoms with Crippen molar-refractivity contribution in [2.75, 3.05) is 25.5 Å². The largest absolute Gasteiger partial charge is 0.418 e. The van der Waals surface area contributed by atoms with E-state index in [0.717, 1.165) is 32.0 Å². The highest BCUT2D eigenvalue weighted by Gasteiger charge is 2.34. The van der Waals surface area contributed by atoms with Crippen molar-refractivity contribution in [2.24, 2.45) is 5.92 Å².